The van der Waals surface area contributed by atoms with Crippen molar-refractivity contribution in [2.24, 2.45) is 0 Å². The topological polar surface area (TPSA) is 82.1 Å². The standard InChI is InChI=1S/C52H51BN4.C38H39BN4.2CH4/c1-34(2)38-22-24-54-45(28-38)40-18-20-47-43(26-40)53-44-27-41(46-29-39(35(3)4)23-25-55-46)19-21-48(44)57(33-37-16-12-9-13-17-37)50-31-42(52(5,6)7)30-49(51(50)53)56(47)32-36-14-10-8-11-15-36;1-22(2)24-12-14-40-33(18-24)26-8-10-31-29(16-26)39-30-17-27(34-19-25(23(3)4)13-15-41-34)9-11-32(30)43-36-21-28(38(5,6)7)20-35(42-31)37(36)39;;/h8-31,34-35H,32-33H2,1-7H3;8-23,42-43H,1-7H3;2*1H4. The molecule has 2 N–H and O–H groups in total. The van der Waals surface area contributed by atoms with Crippen molar-refractivity contribution in [1.82, 2.24) is 19.9 Å². The first-order valence-corrected chi connectivity index (χ1v) is 36.0. The molecular weight excluding hydrogens is 1240 g/mol. The zero-order chi connectivity index (χ0) is 69.5. The Labute approximate surface area is 608 Å². The maximum atomic E-state index is 4.94. The van der Waals surface area contributed by atoms with Crippen molar-refractivity contribution in [3.63, 3.8) is 0 Å². The third-order valence-electron chi connectivity index (χ3n) is 21.1. The minimum absolute atomic E-state index is 0. The Morgan fingerprint density at radius 2 is 0.637 bits per heavy atom. The normalized spacial score (nSPS) is 13.0. The van der Waals surface area contributed by atoms with Crippen LogP contribution in [0, 0.1) is 0 Å². The zero-order valence-corrected chi connectivity index (χ0v) is 60.5. The van der Waals surface area contributed by atoms with E-state index < -0.39 is 0 Å². The second-order valence-corrected chi connectivity index (χ2v) is 31.3. The average molecular weight is 1340 g/mol. The molecule has 0 bridgehead atoms. The lowest BCUT2D eigenvalue weighted by atomic mass is 9.33. The smallest absolute Gasteiger partial charge is 0.252 e. The SMILES string of the molecule is C.C.CC(C)c1ccnc(-c2ccc3c(c2)B2c4cc(-c5cc(C(C)C)ccn5)ccc4N(Cc4ccccc4)c4cc(C(C)(C)C)cc(c42)N3Cc2ccccc2)c1.CC(C)c1ccnc(-c2ccc3c(c2)B2c4cc(-c5cc(C(C)C)ccn5)ccc4Nc4cc(C(C)(C)C)cc(c42)N3)c1. The van der Waals surface area contributed by atoms with Gasteiger partial charge < -0.3 is 20.4 Å². The Morgan fingerprint density at radius 3 is 0.971 bits per heavy atom. The van der Waals surface area contributed by atoms with Crippen molar-refractivity contribution in [2.45, 2.75) is 159 Å². The molecule has 8 nitrogen and oxygen atoms in total. The summed E-state index contributed by atoms with van der Waals surface area (Å²) in [7, 11) is 0. The molecule has 0 atom stereocenters. The van der Waals surface area contributed by atoms with Gasteiger partial charge in [0.25, 0.3) is 13.4 Å². The molecule has 4 aliphatic rings. The number of anilines is 8. The van der Waals surface area contributed by atoms with E-state index in [2.05, 4.69) is 324 Å². The fraction of sp³-hybridized carbons (Fsp3) is 0.261. The molecule has 0 unspecified atom stereocenters. The van der Waals surface area contributed by atoms with Crippen LogP contribution in [0.25, 0.3) is 45.0 Å². The van der Waals surface area contributed by atoms with Gasteiger partial charge in [-0.3, -0.25) is 19.9 Å². The van der Waals surface area contributed by atoms with Gasteiger partial charge >= 0.3 is 0 Å². The van der Waals surface area contributed by atoms with Gasteiger partial charge in [-0.15, -0.1) is 0 Å². The lowest BCUT2D eigenvalue weighted by Gasteiger charge is -2.45. The van der Waals surface area contributed by atoms with Gasteiger partial charge in [0.1, 0.15) is 0 Å². The number of fused-ring (bicyclic) bond motifs is 8. The summed E-state index contributed by atoms with van der Waals surface area (Å²) in [5.74, 6) is 1.73. The van der Waals surface area contributed by atoms with E-state index in [-0.39, 0.29) is 39.1 Å². The summed E-state index contributed by atoms with van der Waals surface area (Å²) in [5, 5.41) is 7.65. The summed E-state index contributed by atoms with van der Waals surface area (Å²) in [6, 6.07) is 76.8. The molecule has 4 aromatic heterocycles. The van der Waals surface area contributed by atoms with E-state index in [0.29, 0.717) is 23.7 Å². The number of benzene rings is 8. The lowest BCUT2D eigenvalue weighted by Crippen LogP contribution is -2.62. The van der Waals surface area contributed by atoms with Crippen LogP contribution >= 0.6 is 0 Å². The Kier molecular flexibility index (Phi) is 19.2. The summed E-state index contributed by atoms with van der Waals surface area (Å²) in [6.07, 6.45) is 7.81. The zero-order valence-electron chi connectivity index (χ0n) is 60.5. The van der Waals surface area contributed by atoms with E-state index in [1.54, 1.807) is 0 Å². The van der Waals surface area contributed by atoms with E-state index in [0.717, 1.165) is 69.5 Å². The maximum Gasteiger partial charge on any atom is 0.252 e. The van der Waals surface area contributed by atoms with Crippen LogP contribution in [0.3, 0.4) is 0 Å². The molecular formula is C92H98B2N8. The van der Waals surface area contributed by atoms with Crippen molar-refractivity contribution in [3.8, 4) is 45.0 Å². The molecule has 0 radical (unpaired) electrons. The monoisotopic (exact) mass is 1340 g/mol. The third kappa shape index (κ3) is 13.4. The van der Waals surface area contributed by atoms with Crippen LogP contribution in [0.5, 0.6) is 0 Å². The number of hydrogen-bond acceptors (Lipinski definition) is 8. The third-order valence-corrected chi connectivity index (χ3v) is 21.1. The molecule has 12 aromatic rings. The van der Waals surface area contributed by atoms with E-state index in [4.69, 9.17) is 19.9 Å². The van der Waals surface area contributed by atoms with E-state index in [9.17, 15) is 0 Å². The fourth-order valence-electron chi connectivity index (χ4n) is 15.2. The Morgan fingerprint density at radius 1 is 0.324 bits per heavy atom. The molecule has 4 aliphatic heterocycles. The first-order chi connectivity index (χ1) is 48.1. The second kappa shape index (κ2) is 27.9. The molecule has 512 valence electrons. The average Bonchev–Trinajstić information content (AvgIpc) is 0.722. The number of nitrogens with one attached hydrogen (secondary N) is 2. The highest BCUT2D eigenvalue weighted by atomic mass is 15.2. The number of nitrogens with zero attached hydrogens (tertiary/aromatic N) is 6. The first kappa shape index (κ1) is 70.1. The molecule has 16 rings (SSSR count). The summed E-state index contributed by atoms with van der Waals surface area (Å²) >= 11 is 0. The van der Waals surface area contributed by atoms with Crippen molar-refractivity contribution in [1.29, 1.82) is 0 Å². The van der Waals surface area contributed by atoms with E-state index in [1.807, 2.05) is 24.8 Å². The van der Waals surface area contributed by atoms with Gasteiger partial charge in [-0.05, 0) is 231 Å². The molecule has 102 heavy (non-hydrogen) atoms. The highest BCUT2D eigenvalue weighted by molar-refractivity contribution is 7.01. The van der Waals surface area contributed by atoms with Gasteiger partial charge in [0.15, 0.2) is 0 Å². The number of pyridine rings is 4. The van der Waals surface area contributed by atoms with Gasteiger partial charge in [-0.1, -0.05) is 221 Å². The largest absolute Gasteiger partial charge is 0.356 e. The van der Waals surface area contributed by atoms with Gasteiger partial charge in [0.2, 0.25) is 0 Å². The number of aromatic nitrogens is 4. The van der Waals surface area contributed by atoms with Crippen LogP contribution < -0.4 is 53.2 Å². The Balaban J connectivity index is 0.000000185. The van der Waals surface area contributed by atoms with Crippen molar-refractivity contribution in [3.05, 3.63) is 276 Å². The van der Waals surface area contributed by atoms with Crippen LogP contribution in [0.2, 0.25) is 0 Å². The van der Waals surface area contributed by atoms with Crippen LogP contribution in [0.4, 0.5) is 45.5 Å². The summed E-state index contributed by atoms with van der Waals surface area (Å²) < 4.78 is 0. The molecule has 0 fully saturated rings. The molecule has 0 aliphatic carbocycles. The molecule has 8 heterocycles. The second-order valence-electron chi connectivity index (χ2n) is 31.3. The fourth-order valence-corrected chi connectivity index (χ4v) is 15.2. The molecule has 0 saturated heterocycles. The summed E-state index contributed by atoms with van der Waals surface area (Å²) in [6.45, 7) is 33.4. The van der Waals surface area contributed by atoms with Crippen LogP contribution in [-0.2, 0) is 23.9 Å². The first-order valence-electron chi connectivity index (χ1n) is 36.0. The molecule has 10 heteroatoms. The molecule has 0 amide bonds. The van der Waals surface area contributed by atoms with Gasteiger partial charge in [-0.25, -0.2) is 0 Å². The lowest BCUT2D eigenvalue weighted by molar-refractivity contribution is 0.590. The minimum atomic E-state index is -0.0632. The van der Waals surface area contributed by atoms with Crippen LogP contribution in [0.1, 0.15) is 180 Å². The van der Waals surface area contributed by atoms with E-state index >= 15 is 0 Å². The van der Waals surface area contributed by atoms with Crippen molar-refractivity contribution in [2.75, 3.05) is 20.4 Å². The van der Waals surface area contributed by atoms with Gasteiger partial charge in [0, 0.05) is 83.4 Å². The maximum absolute atomic E-state index is 4.94. The minimum Gasteiger partial charge on any atom is -0.356 e. The van der Waals surface area contributed by atoms with Crippen molar-refractivity contribution < 1.29 is 0 Å². The quantitative estimate of drug-likeness (QED) is 0.117. The number of rotatable bonds is 12. The van der Waals surface area contributed by atoms with Gasteiger partial charge in [0.05, 0.1) is 22.8 Å². The van der Waals surface area contributed by atoms with Gasteiger partial charge in [-0.2, -0.15) is 0 Å². The molecule has 0 spiro atoms. The highest BCUT2D eigenvalue weighted by Crippen LogP contribution is 2.44. The highest BCUT2D eigenvalue weighted by Gasteiger charge is 2.45. The molecule has 0 saturated carbocycles. The summed E-state index contributed by atoms with van der Waals surface area (Å²) in [4.78, 5) is 24.6. The Bertz CT molecular complexity index is 4810. The predicted molar refractivity (Wildman–Crippen MR) is 439 cm³/mol. The van der Waals surface area contributed by atoms with Crippen molar-refractivity contribution >= 4 is 91.7 Å². The van der Waals surface area contributed by atoms with E-state index in [1.165, 1.54) is 111 Å². The van der Waals surface area contributed by atoms with Crippen LogP contribution in [0.15, 0.2) is 231 Å². The predicted octanol–water partition coefficient (Wildman–Crippen LogP) is 20.4. The molecule has 8 aromatic carbocycles. The van der Waals surface area contributed by atoms with Crippen LogP contribution in [-0.4, -0.2) is 33.4 Å². The summed E-state index contributed by atoms with van der Waals surface area (Å²) in [5.41, 5.74) is 36.5. The number of hydrogen-bond donors (Lipinski definition) is 2. The Hall–Kier alpha value is -10.3.